The van der Waals surface area contributed by atoms with Crippen LogP contribution in [0.2, 0.25) is 0 Å². The summed E-state index contributed by atoms with van der Waals surface area (Å²) in [6.45, 7) is 10.2. The largest absolute Gasteiger partial charge is 0.496 e. The van der Waals surface area contributed by atoms with E-state index < -0.39 is 5.60 Å². The van der Waals surface area contributed by atoms with E-state index in [2.05, 4.69) is 19.9 Å². The molecular formula is C29H35NO4. The third-order valence-electron chi connectivity index (χ3n) is 6.54. The Kier molecular flexibility index (Phi) is 7.25. The van der Waals surface area contributed by atoms with E-state index in [1.165, 1.54) is 0 Å². The number of nitrogens with zero attached hydrogens (tertiary/aromatic N) is 1. The molecule has 1 atom stereocenters. The number of anilines is 1. The topological polar surface area (TPSA) is 48.0 Å². The van der Waals surface area contributed by atoms with Crippen LogP contribution in [0, 0.1) is 20.8 Å². The number of hydrogen-bond acceptors (Lipinski definition) is 5. The van der Waals surface area contributed by atoms with E-state index in [4.69, 9.17) is 14.2 Å². The fourth-order valence-electron chi connectivity index (χ4n) is 4.59. The molecule has 0 saturated heterocycles. The maximum Gasteiger partial charge on any atom is 0.340 e. The highest BCUT2D eigenvalue weighted by Gasteiger charge is 2.52. The fraction of sp³-hybridized carbons (Fsp3) is 0.345. The molecule has 0 aromatic heterocycles. The molecule has 5 nitrogen and oxygen atoms in total. The minimum atomic E-state index is -1.20. The van der Waals surface area contributed by atoms with Crippen LogP contribution in [0.4, 0.5) is 5.69 Å². The van der Waals surface area contributed by atoms with Crippen LogP contribution >= 0.6 is 0 Å². The quantitative estimate of drug-likeness (QED) is 0.425. The molecule has 0 aliphatic carbocycles. The van der Waals surface area contributed by atoms with Crippen LogP contribution in [0.5, 0.6) is 11.5 Å². The monoisotopic (exact) mass is 461 g/mol. The molecule has 1 aliphatic rings. The summed E-state index contributed by atoms with van der Waals surface area (Å²) in [4.78, 5) is 15.1. The second kappa shape index (κ2) is 9.80. The average molecular weight is 462 g/mol. The molecule has 0 radical (unpaired) electrons. The number of hydrogen-bond donors (Lipinski definition) is 0. The molecule has 0 spiro atoms. The summed E-state index contributed by atoms with van der Waals surface area (Å²) in [6, 6.07) is 15.6. The van der Waals surface area contributed by atoms with Crippen LogP contribution in [-0.4, -0.2) is 34.3 Å². The lowest BCUT2D eigenvalue weighted by Crippen LogP contribution is -2.31. The number of carbonyl (C=O) groups is 1. The number of carbonyl (C=O) groups excluding carboxylic acids is 1. The smallest absolute Gasteiger partial charge is 0.340 e. The lowest BCUT2D eigenvalue weighted by Gasteiger charge is -2.34. The van der Waals surface area contributed by atoms with Gasteiger partial charge < -0.3 is 19.1 Å². The Balaban J connectivity index is 0.00000158. The molecule has 3 aromatic carbocycles. The summed E-state index contributed by atoms with van der Waals surface area (Å²) in [6.07, 6.45) is 0. The Labute approximate surface area is 203 Å². The Hall–Kier alpha value is -3.47. The third kappa shape index (κ3) is 3.79. The predicted molar refractivity (Wildman–Crippen MR) is 138 cm³/mol. The van der Waals surface area contributed by atoms with Gasteiger partial charge in [0.1, 0.15) is 11.5 Å². The van der Waals surface area contributed by atoms with Gasteiger partial charge in [-0.3, -0.25) is 0 Å². The third-order valence-corrected chi connectivity index (χ3v) is 6.54. The van der Waals surface area contributed by atoms with E-state index in [0.717, 1.165) is 39.1 Å². The minimum absolute atomic E-state index is 0.364. The highest BCUT2D eigenvalue weighted by Crippen LogP contribution is 2.53. The molecule has 0 N–H and O–H groups in total. The number of esters is 1. The van der Waals surface area contributed by atoms with Crippen molar-refractivity contribution in [2.45, 2.75) is 40.2 Å². The molecule has 0 fully saturated rings. The van der Waals surface area contributed by atoms with Crippen molar-refractivity contribution in [2.75, 3.05) is 33.2 Å². The van der Waals surface area contributed by atoms with E-state index in [9.17, 15) is 4.79 Å². The number of fused-ring (bicyclic) bond motifs is 1. The predicted octanol–water partition coefficient (Wildman–Crippen LogP) is 6.18. The van der Waals surface area contributed by atoms with Gasteiger partial charge in [0.2, 0.25) is 0 Å². The maximum atomic E-state index is 13.1. The lowest BCUT2D eigenvalue weighted by atomic mass is 9.77. The van der Waals surface area contributed by atoms with Crippen molar-refractivity contribution in [3.63, 3.8) is 0 Å². The van der Waals surface area contributed by atoms with Gasteiger partial charge >= 0.3 is 5.97 Å². The second-order valence-corrected chi connectivity index (χ2v) is 8.42. The fourth-order valence-corrected chi connectivity index (χ4v) is 4.59. The zero-order valence-electron chi connectivity index (χ0n) is 21.7. The highest BCUT2D eigenvalue weighted by atomic mass is 16.6. The summed E-state index contributed by atoms with van der Waals surface area (Å²) < 4.78 is 18.1. The van der Waals surface area contributed by atoms with Crippen molar-refractivity contribution >= 4 is 11.7 Å². The molecule has 4 rings (SSSR count). The van der Waals surface area contributed by atoms with Gasteiger partial charge in [-0.05, 0) is 61.7 Å². The van der Waals surface area contributed by atoms with Gasteiger partial charge in [0.05, 0.1) is 19.8 Å². The van der Waals surface area contributed by atoms with E-state index in [1.54, 1.807) is 20.3 Å². The molecule has 0 saturated carbocycles. The number of benzene rings is 3. The number of aryl methyl sites for hydroxylation is 1. The molecular weight excluding hydrogens is 426 g/mol. The number of cyclic esters (lactones) is 1. The summed E-state index contributed by atoms with van der Waals surface area (Å²) in [5.41, 5.74) is 5.92. The maximum absolute atomic E-state index is 13.1. The molecule has 0 amide bonds. The number of ether oxygens (including phenoxy) is 3. The lowest BCUT2D eigenvalue weighted by molar-refractivity contribution is 0.0238. The van der Waals surface area contributed by atoms with E-state index in [-0.39, 0.29) is 5.97 Å². The number of methoxy groups -OCH3 is 2. The van der Waals surface area contributed by atoms with Gasteiger partial charge in [-0.25, -0.2) is 4.79 Å². The molecule has 180 valence electrons. The van der Waals surface area contributed by atoms with E-state index in [0.29, 0.717) is 17.1 Å². The van der Waals surface area contributed by atoms with Gasteiger partial charge in [0, 0.05) is 42.5 Å². The van der Waals surface area contributed by atoms with Crippen molar-refractivity contribution in [3.8, 4) is 11.5 Å². The normalized spacial score (nSPS) is 16.2. The Bertz CT molecular complexity index is 1210. The Morgan fingerprint density at radius 3 is 2.12 bits per heavy atom. The minimum Gasteiger partial charge on any atom is -0.496 e. The Morgan fingerprint density at radius 2 is 1.50 bits per heavy atom. The van der Waals surface area contributed by atoms with E-state index in [1.807, 2.05) is 76.2 Å². The highest BCUT2D eigenvalue weighted by molar-refractivity contribution is 5.96. The van der Waals surface area contributed by atoms with Gasteiger partial charge in [-0.2, -0.15) is 0 Å². The Morgan fingerprint density at radius 1 is 0.824 bits per heavy atom. The molecule has 34 heavy (non-hydrogen) atoms. The zero-order chi connectivity index (χ0) is 25.2. The summed E-state index contributed by atoms with van der Waals surface area (Å²) >= 11 is 0. The van der Waals surface area contributed by atoms with Crippen LogP contribution in [0.1, 0.15) is 57.6 Å². The van der Waals surface area contributed by atoms with Crippen molar-refractivity contribution in [3.05, 3.63) is 87.5 Å². The average Bonchev–Trinajstić information content (AvgIpc) is 3.16. The van der Waals surface area contributed by atoms with Gasteiger partial charge in [0.15, 0.2) is 5.60 Å². The van der Waals surface area contributed by atoms with Crippen LogP contribution in [0.15, 0.2) is 48.5 Å². The molecule has 3 aromatic rings. The van der Waals surface area contributed by atoms with Crippen molar-refractivity contribution < 1.29 is 19.0 Å². The summed E-state index contributed by atoms with van der Waals surface area (Å²) in [5, 5.41) is 0. The summed E-state index contributed by atoms with van der Waals surface area (Å²) in [7, 11) is 7.25. The molecule has 1 heterocycles. The van der Waals surface area contributed by atoms with Crippen LogP contribution in [-0.2, 0) is 10.3 Å². The van der Waals surface area contributed by atoms with Gasteiger partial charge in [-0.15, -0.1) is 0 Å². The summed E-state index contributed by atoms with van der Waals surface area (Å²) in [5.74, 6) is 0.979. The number of rotatable bonds is 5. The van der Waals surface area contributed by atoms with Crippen molar-refractivity contribution in [1.82, 2.24) is 0 Å². The standard InChI is InChI=1S/C27H29NO4.C2H6/c1-16-14-23(25(31-7)18(3)17(16)2)27(21-11-9-8-10-20(21)26(29)32-27)22-13-12-19(28(4)5)15-24(22)30-6;1-2/h8-15H,1-7H3;1-2H3. The SMILES string of the molecule is CC.COc1cc(N(C)C)ccc1C1(c2cc(C)c(C)c(C)c2OC)OC(=O)c2ccccc21. The first-order valence-electron chi connectivity index (χ1n) is 11.6. The van der Waals surface area contributed by atoms with E-state index >= 15 is 0 Å². The van der Waals surface area contributed by atoms with Crippen LogP contribution < -0.4 is 14.4 Å². The molecule has 5 heteroatoms. The second-order valence-electron chi connectivity index (χ2n) is 8.42. The first-order chi connectivity index (χ1) is 16.3. The van der Waals surface area contributed by atoms with Gasteiger partial charge in [0.25, 0.3) is 0 Å². The van der Waals surface area contributed by atoms with Crippen LogP contribution in [0.25, 0.3) is 0 Å². The van der Waals surface area contributed by atoms with Crippen molar-refractivity contribution in [2.24, 2.45) is 0 Å². The van der Waals surface area contributed by atoms with Gasteiger partial charge in [-0.1, -0.05) is 32.0 Å². The molecule has 1 unspecified atom stereocenters. The molecule has 1 aliphatic heterocycles. The molecule has 0 bridgehead atoms. The first kappa shape index (κ1) is 25.2. The first-order valence-corrected chi connectivity index (χ1v) is 11.6. The van der Waals surface area contributed by atoms with Crippen LogP contribution in [0.3, 0.4) is 0 Å². The van der Waals surface area contributed by atoms with Crippen molar-refractivity contribution in [1.29, 1.82) is 0 Å². The zero-order valence-corrected chi connectivity index (χ0v) is 21.7.